The molecule has 1 aromatic carbocycles. The number of benzene rings is 1. The highest BCUT2D eigenvalue weighted by atomic mass is 16.5. The summed E-state index contributed by atoms with van der Waals surface area (Å²) in [7, 11) is 1.61. The van der Waals surface area contributed by atoms with Gasteiger partial charge in [0.05, 0.1) is 7.11 Å². The number of nitrogens with one attached hydrogen (secondary N) is 1. The summed E-state index contributed by atoms with van der Waals surface area (Å²) >= 11 is 0. The Labute approximate surface area is 94.6 Å². The maximum Gasteiger partial charge on any atom is 0.328 e. The van der Waals surface area contributed by atoms with Gasteiger partial charge in [-0.05, 0) is 24.6 Å². The van der Waals surface area contributed by atoms with Gasteiger partial charge in [0.25, 0.3) is 0 Å². The summed E-state index contributed by atoms with van der Waals surface area (Å²) in [5.74, 6) is -0.158. The third-order valence-electron chi connectivity index (χ3n) is 2.01. The van der Waals surface area contributed by atoms with Crippen molar-refractivity contribution >= 4 is 11.7 Å². The highest BCUT2D eigenvalue weighted by molar-refractivity contribution is 5.80. The van der Waals surface area contributed by atoms with Gasteiger partial charge in [-0.15, -0.1) is 0 Å². The number of hydrogen-bond acceptors (Lipinski definition) is 3. The molecule has 0 atom stereocenters. The monoisotopic (exact) mass is 221 g/mol. The lowest BCUT2D eigenvalue weighted by atomic mass is 10.2. The molecule has 0 aliphatic rings. The summed E-state index contributed by atoms with van der Waals surface area (Å²) in [6.07, 6.45) is 1.19. The molecular weight excluding hydrogens is 206 g/mol. The van der Waals surface area contributed by atoms with Crippen molar-refractivity contribution < 1.29 is 14.6 Å². The number of anilines is 1. The minimum Gasteiger partial charge on any atom is -0.497 e. The van der Waals surface area contributed by atoms with Crippen LogP contribution < -0.4 is 10.1 Å². The van der Waals surface area contributed by atoms with Gasteiger partial charge in [0, 0.05) is 24.4 Å². The molecule has 1 aromatic rings. The van der Waals surface area contributed by atoms with Gasteiger partial charge in [-0.25, -0.2) is 4.79 Å². The van der Waals surface area contributed by atoms with Crippen molar-refractivity contribution in [3.8, 4) is 5.75 Å². The second-order valence-corrected chi connectivity index (χ2v) is 3.41. The van der Waals surface area contributed by atoms with Crippen molar-refractivity contribution in [2.45, 2.75) is 6.92 Å². The van der Waals surface area contributed by atoms with Crippen LogP contribution in [0.15, 0.2) is 35.9 Å². The zero-order chi connectivity index (χ0) is 12.0. The number of ether oxygens (including phenoxy) is 1. The Balaban J connectivity index is 2.57. The van der Waals surface area contributed by atoms with E-state index in [0.717, 1.165) is 17.0 Å². The SMILES string of the molecule is COc1cccc(NC/C(C)=C/C(=O)O)c1. The molecule has 4 heteroatoms. The number of carbonyl (C=O) groups is 1. The van der Waals surface area contributed by atoms with Gasteiger partial charge in [-0.2, -0.15) is 0 Å². The van der Waals surface area contributed by atoms with Crippen LogP contribution in [-0.2, 0) is 4.79 Å². The molecule has 0 saturated heterocycles. The second kappa shape index (κ2) is 5.80. The molecule has 1 rings (SSSR count). The third kappa shape index (κ3) is 4.04. The Morgan fingerprint density at radius 3 is 2.94 bits per heavy atom. The second-order valence-electron chi connectivity index (χ2n) is 3.41. The molecular formula is C12H15NO3. The Bertz CT molecular complexity index is 399. The molecule has 0 aliphatic carbocycles. The number of aliphatic carboxylic acids is 1. The summed E-state index contributed by atoms with van der Waals surface area (Å²) in [4.78, 5) is 10.4. The van der Waals surface area contributed by atoms with E-state index in [1.807, 2.05) is 24.3 Å². The Kier molecular flexibility index (Phi) is 4.39. The molecule has 0 unspecified atom stereocenters. The number of hydrogen-bond donors (Lipinski definition) is 2. The highest BCUT2D eigenvalue weighted by Crippen LogP contribution is 2.16. The molecule has 0 radical (unpaired) electrons. The maximum atomic E-state index is 10.4. The quantitative estimate of drug-likeness (QED) is 0.748. The lowest BCUT2D eigenvalue weighted by Crippen LogP contribution is -2.04. The molecule has 0 saturated carbocycles. The average Bonchev–Trinajstić information content (AvgIpc) is 2.26. The number of methoxy groups -OCH3 is 1. The fraction of sp³-hybridized carbons (Fsp3) is 0.250. The summed E-state index contributed by atoms with van der Waals surface area (Å²) in [6.45, 7) is 2.26. The van der Waals surface area contributed by atoms with Crippen LogP contribution >= 0.6 is 0 Å². The number of carboxylic acid groups (broad SMARTS) is 1. The van der Waals surface area contributed by atoms with Gasteiger partial charge >= 0.3 is 5.97 Å². The molecule has 0 aliphatic heterocycles. The first-order chi connectivity index (χ1) is 7.61. The number of carboxylic acids is 1. The molecule has 2 N–H and O–H groups in total. The van der Waals surface area contributed by atoms with E-state index in [2.05, 4.69) is 5.32 Å². The van der Waals surface area contributed by atoms with E-state index in [4.69, 9.17) is 9.84 Å². The first-order valence-electron chi connectivity index (χ1n) is 4.90. The van der Waals surface area contributed by atoms with Crippen molar-refractivity contribution in [3.63, 3.8) is 0 Å². The van der Waals surface area contributed by atoms with Crippen LogP contribution in [0.1, 0.15) is 6.92 Å². The molecule has 4 nitrogen and oxygen atoms in total. The van der Waals surface area contributed by atoms with Crippen molar-refractivity contribution in [1.82, 2.24) is 0 Å². The van der Waals surface area contributed by atoms with Crippen LogP contribution in [0, 0.1) is 0 Å². The van der Waals surface area contributed by atoms with Crippen LogP contribution in [0.4, 0.5) is 5.69 Å². The predicted molar refractivity (Wildman–Crippen MR) is 62.9 cm³/mol. The molecule has 86 valence electrons. The Morgan fingerprint density at radius 2 is 2.31 bits per heavy atom. The highest BCUT2D eigenvalue weighted by Gasteiger charge is 1.97. The van der Waals surface area contributed by atoms with Crippen molar-refractivity contribution in [1.29, 1.82) is 0 Å². The average molecular weight is 221 g/mol. The topological polar surface area (TPSA) is 58.6 Å². The lowest BCUT2D eigenvalue weighted by Gasteiger charge is -2.07. The standard InChI is InChI=1S/C12H15NO3/c1-9(6-12(14)15)8-13-10-4-3-5-11(7-10)16-2/h3-7,13H,8H2,1-2H3,(H,14,15)/b9-6+. The largest absolute Gasteiger partial charge is 0.497 e. The van der Waals surface area contributed by atoms with Crippen LogP contribution in [0.25, 0.3) is 0 Å². The predicted octanol–water partition coefficient (Wildman–Crippen LogP) is 2.14. The van der Waals surface area contributed by atoms with E-state index >= 15 is 0 Å². The van der Waals surface area contributed by atoms with Crippen molar-refractivity contribution in [2.75, 3.05) is 19.0 Å². The molecule has 0 spiro atoms. The van der Waals surface area contributed by atoms with Gasteiger partial charge in [0.2, 0.25) is 0 Å². The van der Waals surface area contributed by atoms with Crippen LogP contribution in [-0.4, -0.2) is 24.7 Å². The van der Waals surface area contributed by atoms with E-state index in [9.17, 15) is 4.79 Å². The van der Waals surface area contributed by atoms with Gasteiger partial charge < -0.3 is 15.2 Å². The maximum absolute atomic E-state index is 10.4. The third-order valence-corrected chi connectivity index (χ3v) is 2.01. The van der Waals surface area contributed by atoms with E-state index in [1.54, 1.807) is 14.0 Å². The minimum absolute atomic E-state index is 0.499. The summed E-state index contributed by atoms with van der Waals surface area (Å²) in [5.41, 5.74) is 1.66. The van der Waals surface area contributed by atoms with Crippen LogP contribution in [0.2, 0.25) is 0 Å². The molecule has 0 heterocycles. The van der Waals surface area contributed by atoms with Crippen molar-refractivity contribution in [2.24, 2.45) is 0 Å². The Hall–Kier alpha value is -1.97. The molecule has 0 bridgehead atoms. The smallest absolute Gasteiger partial charge is 0.328 e. The van der Waals surface area contributed by atoms with Gasteiger partial charge in [-0.1, -0.05) is 6.07 Å². The fourth-order valence-electron chi connectivity index (χ4n) is 1.24. The zero-order valence-electron chi connectivity index (χ0n) is 9.36. The Morgan fingerprint density at radius 1 is 1.56 bits per heavy atom. The molecule has 0 aromatic heterocycles. The van der Waals surface area contributed by atoms with Gasteiger partial charge in [0.15, 0.2) is 0 Å². The van der Waals surface area contributed by atoms with Gasteiger partial charge in [0.1, 0.15) is 5.75 Å². The summed E-state index contributed by atoms with van der Waals surface area (Å²) in [5, 5.41) is 11.7. The minimum atomic E-state index is -0.926. The van der Waals surface area contributed by atoms with E-state index in [-0.39, 0.29) is 0 Å². The number of rotatable bonds is 5. The van der Waals surface area contributed by atoms with Crippen molar-refractivity contribution in [3.05, 3.63) is 35.9 Å². The summed E-state index contributed by atoms with van der Waals surface area (Å²) < 4.78 is 5.08. The van der Waals surface area contributed by atoms with Crippen LogP contribution in [0.5, 0.6) is 5.75 Å². The van der Waals surface area contributed by atoms with E-state index < -0.39 is 5.97 Å². The molecule has 16 heavy (non-hydrogen) atoms. The van der Waals surface area contributed by atoms with E-state index in [0.29, 0.717) is 6.54 Å². The van der Waals surface area contributed by atoms with E-state index in [1.165, 1.54) is 6.08 Å². The van der Waals surface area contributed by atoms with Gasteiger partial charge in [-0.3, -0.25) is 0 Å². The normalized spacial score (nSPS) is 11.0. The lowest BCUT2D eigenvalue weighted by molar-refractivity contribution is -0.131. The molecule has 0 amide bonds. The first-order valence-corrected chi connectivity index (χ1v) is 4.90. The zero-order valence-corrected chi connectivity index (χ0v) is 9.36. The molecule has 0 fully saturated rings. The fourth-order valence-corrected chi connectivity index (χ4v) is 1.24. The summed E-state index contributed by atoms with van der Waals surface area (Å²) in [6, 6.07) is 7.48. The van der Waals surface area contributed by atoms with Crippen LogP contribution in [0.3, 0.4) is 0 Å². The first kappa shape index (κ1) is 12.1.